The molecule has 0 spiro atoms. The van der Waals surface area contributed by atoms with Gasteiger partial charge in [0.25, 0.3) is 0 Å². The average molecular weight is 516 g/mol. The van der Waals surface area contributed by atoms with Gasteiger partial charge in [-0.05, 0) is 36.6 Å². The molecule has 8 nitrogen and oxygen atoms in total. The van der Waals surface area contributed by atoms with Crippen molar-refractivity contribution in [1.82, 2.24) is 9.97 Å². The van der Waals surface area contributed by atoms with Crippen LogP contribution in [0.4, 0.5) is 30.6 Å². The minimum absolute atomic E-state index is 0.0717. The molecule has 0 aliphatic heterocycles. The molecular weight excluding hydrogens is 487 g/mol. The second kappa shape index (κ2) is 11.5. The van der Waals surface area contributed by atoms with Crippen LogP contribution >= 0.6 is 0 Å². The summed E-state index contributed by atoms with van der Waals surface area (Å²) in [6, 6.07) is 13.2. The number of methoxy groups -OCH3 is 1. The fraction of sp³-hybridized carbons (Fsp3) is 0.346. The number of benzene rings is 2. The summed E-state index contributed by atoms with van der Waals surface area (Å²) in [6.45, 7) is 0.113. The first-order chi connectivity index (χ1) is 17.7. The van der Waals surface area contributed by atoms with Gasteiger partial charge < -0.3 is 25.8 Å². The maximum absolute atomic E-state index is 13.6. The van der Waals surface area contributed by atoms with Crippen LogP contribution in [-0.4, -0.2) is 35.1 Å². The normalized spacial score (nSPS) is 17.6. The van der Waals surface area contributed by atoms with E-state index in [0.29, 0.717) is 12.1 Å². The van der Waals surface area contributed by atoms with E-state index in [1.807, 2.05) is 30.3 Å². The van der Waals surface area contributed by atoms with E-state index in [-0.39, 0.29) is 41.8 Å². The number of hydrogen-bond acceptors (Lipinski definition) is 8. The number of aromatic nitrogens is 2. The lowest BCUT2D eigenvalue weighted by atomic mass is 9.91. The Kier molecular flexibility index (Phi) is 8.12. The highest BCUT2D eigenvalue weighted by molar-refractivity contribution is 5.91. The van der Waals surface area contributed by atoms with E-state index in [2.05, 4.69) is 20.6 Å². The van der Waals surface area contributed by atoms with Gasteiger partial charge in [-0.25, -0.2) is 9.78 Å². The third-order valence-electron chi connectivity index (χ3n) is 6.13. The molecule has 4 N–H and O–H groups in total. The number of hydrogen-bond donors (Lipinski definition) is 3. The lowest BCUT2D eigenvalue weighted by Crippen LogP contribution is -2.43. The van der Waals surface area contributed by atoms with Crippen molar-refractivity contribution in [3.63, 3.8) is 0 Å². The average Bonchev–Trinajstić information content (AvgIpc) is 2.89. The van der Waals surface area contributed by atoms with Gasteiger partial charge >= 0.3 is 12.1 Å². The molecule has 1 aliphatic rings. The predicted molar refractivity (Wildman–Crippen MR) is 133 cm³/mol. The second-order valence-corrected chi connectivity index (χ2v) is 8.75. The highest BCUT2D eigenvalue weighted by Crippen LogP contribution is 2.36. The molecule has 1 heterocycles. The van der Waals surface area contributed by atoms with Crippen LogP contribution in [0.15, 0.2) is 54.7 Å². The van der Waals surface area contributed by atoms with Crippen LogP contribution in [0, 0.1) is 0 Å². The van der Waals surface area contributed by atoms with E-state index in [0.717, 1.165) is 31.0 Å². The molecule has 4 rings (SSSR count). The number of halogens is 3. The second-order valence-electron chi connectivity index (χ2n) is 8.75. The van der Waals surface area contributed by atoms with Crippen LogP contribution in [0.5, 0.6) is 5.75 Å². The predicted octanol–water partition coefficient (Wildman–Crippen LogP) is 5.29. The fourth-order valence-electron chi connectivity index (χ4n) is 4.12. The number of nitrogens with one attached hydrogen (secondary N) is 2. The number of anilines is 3. The van der Waals surface area contributed by atoms with Crippen molar-refractivity contribution in [2.75, 3.05) is 17.7 Å². The maximum Gasteiger partial charge on any atom is 0.421 e. The van der Waals surface area contributed by atoms with Crippen LogP contribution in [0.2, 0.25) is 0 Å². The molecule has 0 bridgehead atoms. The lowest BCUT2D eigenvalue weighted by Gasteiger charge is -2.30. The number of carbonyl (C=O) groups excluding carboxylic acids is 1. The van der Waals surface area contributed by atoms with Crippen LogP contribution in [-0.2, 0) is 17.5 Å². The third kappa shape index (κ3) is 6.67. The number of alkyl halides is 3. The van der Waals surface area contributed by atoms with Gasteiger partial charge in [0.15, 0.2) is 0 Å². The molecule has 1 saturated carbocycles. The molecule has 2 aromatic carbocycles. The van der Waals surface area contributed by atoms with Crippen molar-refractivity contribution in [1.29, 1.82) is 0 Å². The molecule has 196 valence electrons. The molecule has 1 aliphatic carbocycles. The summed E-state index contributed by atoms with van der Waals surface area (Å²) in [6.07, 6.45) is -0.710. The zero-order valence-corrected chi connectivity index (χ0v) is 20.2. The topological polar surface area (TPSA) is 111 Å². The number of carbonyl (C=O) groups is 1. The standard InChI is InChI=1S/C26H28F3N5O3/c1-36-22-13-17(24(35)37-15-16-7-3-2-4-8-16)11-12-21(22)33-25-31-14-18(26(27,28)29)23(34-25)32-20-10-6-5-9-19(20)30/h2-4,7-8,11-14,19-20H,5-6,9-10,15,30H2,1H3,(H2,31,32,33,34). The summed E-state index contributed by atoms with van der Waals surface area (Å²) in [5.41, 5.74) is 6.61. The number of nitrogens with two attached hydrogens (primary N) is 1. The number of esters is 1. The van der Waals surface area contributed by atoms with Gasteiger partial charge in [0.1, 0.15) is 23.7 Å². The molecule has 11 heteroatoms. The van der Waals surface area contributed by atoms with E-state index >= 15 is 0 Å². The van der Waals surface area contributed by atoms with Crippen LogP contribution in [0.25, 0.3) is 0 Å². The van der Waals surface area contributed by atoms with Crippen molar-refractivity contribution in [3.05, 3.63) is 71.4 Å². The van der Waals surface area contributed by atoms with Crippen molar-refractivity contribution < 1.29 is 27.4 Å². The van der Waals surface area contributed by atoms with Gasteiger partial charge in [0.05, 0.1) is 18.4 Å². The summed E-state index contributed by atoms with van der Waals surface area (Å²) in [5, 5.41) is 5.76. The molecule has 1 aromatic heterocycles. The smallest absolute Gasteiger partial charge is 0.421 e. The maximum atomic E-state index is 13.6. The number of rotatable bonds is 8. The number of nitrogens with zero attached hydrogens (tertiary/aromatic N) is 2. The molecule has 37 heavy (non-hydrogen) atoms. The molecule has 3 aromatic rings. The molecule has 0 amide bonds. The first-order valence-corrected chi connectivity index (χ1v) is 11.9. The van der Waals surface area contributed by atoms with Crippen molar-refractivity contribution >= 4 is 23.4 Å². The van der Waals surface area contributed by atoms with Gasteiger partial charge in [0.2, 0.25) is 5.95 Å². The molecule has 0 radical (unpaired) electrons. The van der Waals surface area contributed by atoms with Gasteiger partial charge in [0, 0.05) is 18.3 Å². The van der Waals surface area contributed by atoms with Crippen LogP contribution < -0.4 is 21.1 Å². The molecular formula is C26H28F3N5O3. The van der Waals surface area contributed by atoms with Crippen molar-refractivity contribution in [2.45, 2.75) is 50.6 Å². The Hall–Kier alpha value is -3.86. The van der Waals surface area contributed by atoms with Crippen molar-refractivity contribution in [2.24, 2.45) is 5.73 Å². The molecule has 2 atom stereocenters. The van der Waals surface area contributed by atoms with E-state index in [4.69, 9.17) is 15.2 Å². The number of ether oxygens (including phenoxy) is 2. The molecule has 0 saturated heterocycles. The Morgan fingerprint density at radius 3 is 2.59 bits per heavy atom. The van der Waals surface area contributed by atoms with E-state index in [1.54, 1.807) is 6.07 Å². The zero-order chi connectivity index (χ0) is 26.4. The summed E-state index contributed by atoms with van der Waals surface area (Å²) >= 11 is 0. The van der Waals surface area contributed by atoms with Gasteiger partial charge in [-0.2, -0.15) is 18.2 Å². The minimum Gasteiger partial charge on any atom is -0.495 e. The highest BCUT2D eigenvalue weighted by atomic mass is 19.4. The first-order valence-electron chi connectivity index (χ1n) is 11.9. The monoisotopic (exact) mass is 515 g/mol. The minimum atomic E-state index is -4.64. The summed E-state index contributed by atoms with van der Waals surface area (Å²) in [5.74, 6) is -0.693. The van der Waals surface area contributed by atoms with E-state index < -0.39 is 17.7 Å². The van der Waals surface area contributed by atoms with Crippen LogP contribution in [0.1, 0.15) is 47.2 Å². The van der Waals surface area contributed by atoms with Gasteiger partial charge in [-0.15, -0.1) is 0 Å². The quantitative estimate of drug-likeness (QED) is 0.347. The Balaban J connectivity index is 1.52. The Bertz CT molecular complexity index is 1220. The SMILES string of the molecule is COc1cc(C(=O)OCc2ccccc2)ccc1Nc1ncc(C(F)(F)F)c(NC2CCCCC2N)n1. The molecule has 1 fully saturated rings. The van der Waals surface area contributed by atoms with Gasteiger partial charge in [-0.1, -0.05) is 43.2 Å². The van der Waals surface area contributed by atoms with Crippen molar-refractivity contribution in [3.8, 4) is 5.75 Å². The largest absolute Gasteiger partial charge is 0.495 e. The Morgan fingerprint density at radius 1 is 1.14 bits per heavy atom. The van der Waals surface area contributed by atoms with E-state index in [9.17, 15) is 18.0 Å². The van der Waals surface area contributed by atoms with Crippen LogP contribution in [0.3, 0.4) is 0 Å². The Morgan fingerprint density at radius 2 is 1.89 bits per heavy atom. The first kappa shape index (κ1) is 26.2. The summed E-state index contributed by atoms with van der Waals surface area (Å²) < 4.78 is 51.6. The summed E-state index contributed by atoms with van der Waals surface area (Å²) in [7, 11) is 1.41. The fourth-order valence-corrected chi connectivity index (χ4v) is 4.12. The van der Waals surface area contributed by atoms with Gasteiger partial charge in [-0.3, -0.25) is 0 Å². The molecule has 2 unspecified atom stereocenters. The third-order valence-corrected chi connectivity index (χ3v) is 6.13. The highest BCUT2D eigenvalue weighted by Gasteiger charge is 2.36. The Labute approximate surface area is 212 Å². The lowest BCUT2D eigenvalue weighted by molar-refractivity contribution is -0.137. The zero-order valence-electron chi connectivity index (χ0n) is 20.2. The van der Waals surface area contributed by atoms with E-state index in [1.165, 1.54) is 19.2 Å². The summed E-state index contributed by atoms with van der Waals surface area (Å²) in [4.78, 5) is 20.5.